The number of nitrogens with zero attached hydrogens (tertiary/aromatic N) is 2. The number of benzene rings is 3. The van der Waals surface area contributed by atoms with Crippen LogP contribution in [0.1, 0.15) is 18.4 Å². The Balaban J connectivity index is 1.35. The van der Waals surface area contributed by atoms with E-state index in [1.165, 1.54) is 12.1 Å². The highest BCUT2D eigenvalue weighted by Gasteiger charge is 2.38. The van der Waals surface area contributed by atoms with Crippen LogP contribution in [0.3, 0.4) is 0 Å². The lowest BCUT2D eigenvalue weighted by atomic mass is 9.87. The fourth-order valence-corrected chi connectivity index (χ4v) is 5.10. The number of fused-ring (bicyclic) bond motifs is 1. The minimum absolute atomic E-state index is 0.276. The predicted molar refractivity (Wildman–Crippen MR) is 130 cm³/mol. The van der Waals surface area contributed by atoms with E-state index in [1.807, 2.05) is 35.2 Å². The zero-order chi connectivity index (χ0) is 23.9. The van der Waals surface area contributed by atoms with Gasteiger partial charge >= 0.3 is 0 Å². The predicted octanol–water partition coefficient (Wildman–Crippen LogP) is 4.35. The summed E-state index contributed by atoms with van der Waals surface area (Å²) in [4.78, 5) is 12.6. The topological polar surface area (TPSA) is 116 Å². The van der Waals surface area contributed by atoms with Gasteiger partial charge in [0.2, 0.25) is 10.0 Å². The summed E-state index contributed by atoms with van der Waals surface area (Å²) < 4.78 is 29.7. The molecule has 3 aromatic rings. The Morgan fingerprint density at radius 3 is 2.38 bits per heavy atom. The molecule has 1 saturated heterocycles. The lowest BCUT2D eigenvalue weighted by Gasteiger charge is -2.42. The molecule has 0 bridgehead atoms. The lowest BCUT2D eigenvalue weighted by molar-refractivity contribution is -0.384. The maximum atomic E-state index is 11.6. The van der Waals surface area contributed by atoms with Gasteiger partial charge in [-0.25, -0.2) is 13.6 Å². The molecule has 174 valence electrons. The number of sulfonamides is 1. The molecule has 8 nitrogen and oxygen atoms in total. The summed E-state index contributed by atoms with van der Waals surface area (Å²) in [6.07, 6.45) is 5.44. The summed E-state index contributed by atoms with van der Waals surface area (Å²) in [5.74, 6) is 0.819. The van der Waals surface area contributed by atoms with E-state index < -0.39 is 20.5 Å². The van der Waals surface area contributed by atoms with E-state index >= 15 is 0 Å². The van der Waals surface area contributed by atoms with Crippen LogP contribution < -0.4 is 14.8 Å². The van der Waals surface area contributed by atoms with Crippen molar-refractivity contribution in [1.82, 2.24) is 0 Å². The summed E-state index contributed by atoms with van der Waals surface area (Å²) in [5.41, 5.74) is 2.90. The minimum Gasteiger partial charge on any atom is -0.482 e. The van der Waals surface area contributed by atoms with E-state index in [9.17, 15) is 18.5 Å². The third kappa shape index (κ3) is 4.15. The monoisotopic (exact) mass is 477 g/mol. The highest BCUT2D eigenvalue weighted by molar-refractivity contribution is 7.89. The molecule has 0 atom stereocenters. The van der Waals surface area contributed by atoms with Crippen LogP contribution >= 0.6 is 0 Å². The third-order valence-corrected chi connectivity index (χ3v) is 7.33. The Morgan fingerprint density at radius 1 is 0.971 bits per heavy atom. The molecule has 0 aromatic heterocycles. The van der Waals surface area contributed by atoms with Crippen LogP contribution in [0.25, 0.3) is 17.2 Å². The number of rotatable bonds is 4. The van der Waals surface area contributed by atoms with Gasteiger partial charge in [-0.1, -0.05) is 42.5 Å². The van der Waals surface area contributed by atoms with Gasteiger partial charge < -0.3 is 9.64 Å². The van der Waals surface area contributed by atoms with Gasteiger partial charge in [0.25, 0.3) is 5.69 Å². The van der Waals surface area contributed by atoms with Gasteiger partial charge in [-0.2, -0.15) is 0 Å². The minimum atomic E-state index is -4.03. The van der Waals surface area contributed by atoms with E-state index in [0.717, 1.165) is 28.5 Å². The molecule has 0 radical (unpaired) electrons. The second kappa shape index (κ2) is 8.27. The number of hydrogen-bond acceptors (Lipinski definition) is 6. The Hall–Kier alpha value is -3.69. The average molecular weight is 478 g/mol. The van der Waals surface area contributed by atoms with E-state index in [4.69, 9.17) is 9.88 Å². The standard InChI is InChI=1S/C25H23N3O5S/c26-34(31,32)21-7-8-22(23(17-21)28(29)30)27-14-12-25(13-15-27)11-10-20-16-19(6-9-24(20)33-25)18-4-2-1-3-5-18/h1-11,16-17H,12-15H2,(H2,26,31,32). The second-order valence-corrected chi connectivity index (χ2v) is 10.1. The lowest BCUT2D eigenvalue weighted by Crippen LogP contribution is -2.47. The Kier molecular flexibility index (Phi) is 5.38. The van der Waals surface area contributed by atoms with Gasteiger partial charge in [0, 0.05) is 37.6 Å². The van der Waals surface area contributed by atoms with Crippen molar-refractivity contribution < 1.29 is 18.1 Å². The zero-order valence-corrected chi connectivity index (χ0v) is 19.1. The summed E-state index contributed by atoms with van der Waals surface area (Å²) in [7, 11) is -4.03. The highest BCUT2D eigenvalue weighted by atomic mass is 32.2. The van der Waals surface area contributed by atoms with Crippen molar-refractivity contribution in [2.75, 3.05) is 18.0 Å². The van der Waals surface area contributed by atoms with Gasteiger partial charge in [-0.3, -0.25) is 10.1 Å². The maximum absolute atomic E-state index is 11.6. The van der Waals surface area contributed by atoms with Gasteiger partial charge in [0.1, 0.15) is 17.0 Å². The first-order valence-electron chi connectivity index (χ1n) is 10.9. The molecule has 0 unspecified atom stereocenters. The molecule has 2 aliphatic rings. The zero-order valence-electron chi connectivity index (χ0n) is 18.3. The Labute approximate surface area is 197 Å². The summed E-state index contributed by atoms with van der Waals surface area (Å²) >= 11 is 0. The van der Waals surface area contributed by atoms with Crippen LogP contribution in [0.2, 0.25) is 0 Å². The van der Waals surface area contributed by atoms with E-state index in [-0.39, 0.29) is 10.6 Å². The van der Waals surface area contributed by atoms with Gasteiger partial charge in [-0.15, -0.1) is 0 Å². The van der Waals surface area contributed by atoms with Gasteiger partial charge in [-0.05, 0) is 41.5 Å². The first-order valence-corrected chi connectivity index (χ1v) is 12.4. The Morgan fingerprint density at radius 2 is 1.71 bits per heavy atom. The molecule has 0 aliphatic carbocycles. The van der Waals surface area contributed by atoms with Crippen LogP contribution in [0.5, 0.6) is 5.75 Å². The van der Waals surface area contributed by atoms with Crippen molar-refractivity contribution in [2.45, 2.75) is 23.3 Å². The molecule has 0 saturated carbocycles. The highest BCUT2D eigenvalue weighted by Crippen LogP contribution is 2.41. The maximum Gasteiger partial charge on any atom is 0.293 e. The molecular formula is C25H23N3O5S. The van der Waals surface area contributed by atoms with Crippen molar-refractivity contribution >= 4 is 27.5 Å². The smallest absolute Gasteiger partial charge is 0.293 e. The SMILES string of the molecule is NS(=O)(=O)c1ccc(N2CCC3(C=Cc4cc(-c5ccccc5)ccc4O3)CC2)c([N+](=O)[O-])c1. The van der Waals surface area contributed by atoms with Crippen molar-refractivity contribution in [3.05, 3.63) is 88.5 Å². The van der Waals surface area contributed by atoms with Gasteiger partial charge in [0.15, 0.2) is 0 Å². The normalized spacial score (nSPS) is 16.7. The van der Waals surface area contributed by atoms with Crippen LogP contribution in [-0.4, -0.2) is 32.0 Å². The molecule has 2 aliphatic heterocycles. The first-order chi connectivity index (χ1) is 16.2. The molecule has 1 spiro atoms. The number of hydrogen-bond donors (Lipinski definition) is 1. The molecule has 1 fully saturated rings. The fraction of sp³-hybridized carbons (Fsp3) is 0.200. The molecular weight excluding hydrogens is 454 g/mol. The number of piperidine rings is 1. The molecule has 2 N–H and O–H groups in total. The summed E-state index contributed by atoms with van der Waals surface area (Å²) in [6, 6.07) is 20.1. The van der Waals surface area contributed by atoms with E-state index in [2.05, 4.69) is 30.4 Å². The number of nitro benzene ring substituents is 1. The second-order valence-electron chi connectivity index (χ2n) is 8.56. The van der Waals surface area contributed by atoms with Gasteiger partial charge in [0.05, 0.1) is 9.82 Å². The number of ether oxygens (including phenoxy) is 1. The molecule has 0 amide bonds. The van der Waals surface area contributed by atoms with Crippen LogP contribution in [0.4, 0.5) is 11.4 Å². The van der Waals surface area contributed by atoms with Crippen molar-refractivity contribution in [3.8, 4) is 16.9 Å². The van der Waals surface area contributed by atoms with Crippen molar-refractivity contribution in [3.63, 3.8) is 0 Å². The van der Waals surface area contributed by atoms with Crippen LogP contribution in [0.15, 0.2) is 77.7 Å². The third-order valence-electron chi connectivity index (χ3n) is 6.42. The Bertz CT molecular complexity index is 1400. The number of nitro groups is 1. The van der Waals surface area contributed by atoms with Crippen molar-refractivity contribution in [1.29, 1.82) is 0 Å². The molecule has 3 aromatic carbocycles. The molecule has 2 heterocycles. The largest absolute Gasteiger partial charge is 0.482 e. The van der Waals surface area contributed by atoms with E-state index in [0.29, 0.717) is 31.6 Å². The molecule has 34 heavy (non-hydrogen) atoms. The number of anilines is 1. The fourth-order valence-electron chi connectivity index (χ4n) is 4.57. The van der Waals surface area contributed by atoms with Crippen LogP contribution in [-0.2, 0) is 10.0 Å². The molecule has 5 rings (SSSR count). The average Bonchev–Trinajstić information content (AvgIpc) is 2.84. The van der Waals surface area contributed by atoms with Crippen LogP contribution in [0, 0.1) is 10.1 Å². The number of nitrogens with two attached hydrogens (primary N) is 1. The summed E-state index contributed by atoms with van der Waals surface area (Å²) in [6.45, 7) is 1.05. The van der Waals surface area contributed by atoms with E-state index in [1.54, 1.807) is 0 Å². The summed E-state index contributed by atoms with van der Waals surface area (Å²) in [5, 5.41) is 16.8. The quantitative estimate of drug-likeness (QED) is 0.441. The number of primary sulfonamides is 1. The molecule has 9 heteroatoms. The first kappa shape index (κ1) is 22.1. The van der Waals surface area contributed by atoms with Crippen molar-refractivity contribution in [2.24, 2.45) is 5.14 Å².